The second-order valence-electron chi connectivity index (χ2n) is 6.86. The average molecular weight is 453 g/mol. The van der Waals surface area contributed by atoms with Gasteiger partial charge < -0.3 is 20.5 Å². The molecule has 0 bridgehead atoms. The molecule has 0 saturated heterocycles. The van der Waals surface area contributed by atoms with Gasteiger partial charge in [0.2, 0.25) is 5.91 Å². The highest BCUT2D eigenvalue weighted by atomic mass is 35.5. The van der Waals surface area contributed by atoms with Gasteiger partial charge in [-0.3, -0.25) is 14.4 Å². The number of aromatic nitrogens is 2. The molecule has 160 valence electrons. The molecule has 9 nitrogen and oxygen atoms in total. The molecule has 2 aromatic heterocycles. The number of benzene rings is 1. The van der Waals surface area contributed by atoms with Gasteiger partial charge in [-0.1, -0.05) is 11.6 Å². The van der Waals surface area contributed by atoms with E-state index < -0.39 is 17.6 Å². The highest BCUT2D eigenvalue weighted by Crippen LogP contribution is 2.26. The van der Waals surface area contributed by atoms with Crippen molar-refractivity contribution in [1.82, 2.24) is 14.9 Å². The van der Waals surface area contributed by atoms with Gasteiger partial charge in [-0.25, -0.2) is 9.37 Å². The molecule has 0 atom stereocenters. The molecule has 1 aliphatic rings. The van der Waals surface area contributed by atoms with Gasteiger partial charge in [-0.05, 0) is 36.4 Å². The van der Waals surface area contributed by atoms with Crippen molar-refractivity contribution in [3.63, 3.8) is 0 Å². The van der Waals surface area contributed by atoms with Gasteiger partial charge in [0.05, 0.1) is 23.5 Å². The Hall–Kier alpha value is -4.23. The molecule has 0 saturated carbocycles. The number of rotatable bonds is 4. The van der Waals surface area contributed by atoms with Crippen molar-refractivity contribution < 1.29 is 18.8 Å². The van der Waals surface area contributed by atoms with Crippen LogP contribution < -0.4 is 16.0 Å². The topological polar surface area (TPSA) is 129 Å². The van der Waals surface area contributed by atoms with Crippen LogP contribution in [-0.2, 0) is 17.9 Å². The fourth-order valence-electron chi connectivity index (χ4n) is 3.23. The molecular weight excluding hydrogens is 439 g/mol. The first-order chi connectivity index (χ1) is 15.3. The fourth-order valence-corrected chi connectivity index (χ4v) is 3.45. The van der Waals surface area contributed by atoms with Crippen LogP contribution in [0.5, 0.6) is 0 Å². The van der Waals surface area contributed by atoms with Gasteiger partial charge in [0, 0.05) is 16.8 Å². The van der Waals surface area contributed by atoms with E-state index in [1.165, 1.54) is 35.0 Å². The van der Waals surface area contributed by atoms with Gasteiger partial charge in [-0.2, -0.15) is 5.26 Å². The number of hydrogen-bond donors (Lipinski definition) is 3. The van der Waals surface area contributed by atoms with Crippen LogP contribution in [0.15, 0.2) is 42.6 Å². The second kappa shape index (κ2) is 8.49. The van der Waals surface area contributed by atoms with Crippen LogP contribution in [0, 0.1) is 17.1 Å². The van der Waals surface area contributed by atoms with E-state index in [1.54, 1.807) is 0 Å². The normalized spacial score (nSPS) is 12.3. The van der Waals surface area contributed by atoms with Crippen molar-refractivity contribution in [2.24, 2.45) is 0 Å². The Morgan fingerprint density at radius 1 is 1.19 bits per heavy atom. The number of amides is 3. The first-order valence-electron chi connectivity index (χ1n) is 9.28. The minimum absolute atomic E-state index is 0.00239. The zero-order chi connectivity index (χ0) is 22.8. The molecule has 1 aromatic carbocycles. The lowest BCUT2D eigenvalue weighted by Gasteiger charge is -2.19. The van der Waals surface area contributed by atoms with Crippen LogP contribution in [-0.4, -0.2) is 27.3 Å². The standard InChI is InChI=1S/C21H14ClFN6O3/c22-13-3-12(4-14(23)5-13)20(31)27-15-6-16(29-10-19(30)26-9-17(15)29)21(32)28-18-2-1-11(7-24)8-25-18/h1-6,8H,9-10H2,(H,26,30)(H,27,31)(H,25,28,32). The zero-order valence-electron chi connectivity index (χ0n) is 16.3. The number of fused-ring (bicyclic) bond motifs is 1. The Labute approximate surface area is 185 Å². The van der Waals surface area contributed by atoms with E-state index in [9.17, 15) is 18.8 Å². The maximum Gasteiger partial charge on any atom is 0.273 e. The summed E-state index contributed by atoms with van der Waals surface area (Å²) < 4.78 is 15.1. The van der Waals surface area contributed by atoms with E-state index in [1.807, 2.05) is 6.07 Å². The SMILES string of the molecule is N#Cc1ccc(NC(=O)c2cc(NC(=O)c3cc(F)cc(Cl)c3)c3n2CC(=O)NC3)nc1. The minimum atomic E-state index is -0.663. The molecule has 3 amide bonds. The number of carbonyl (C=O) groups is 3. The quantitative estimate of drug-likeness (QED) is 0.560. The predicted octanol–water partition coefficient (Wildman–Crippen LogP) is 2.68. The highest BCUT2D eigenvalue weighted by molar-refractivity contribution is 6.31. The maximum absolute atomic E-state index is 13.6. The first-order valence-corrected chi connectivity index (χ1v) is 9.66. The monoisotopic (exact) mass is 452 g/mol. The summed E-state index contributed by atoms with van der Waals surface area (Å²) in [5.74, 6) is -1.94. The predicted molar refractivity (Wildman–Crippen MR) is 113 cm³/mol. The summed E-state index contributed by atoms with van der Waals surface area (Å²) in [4.78, 5) is 41.4. The van der Waals surface area contributed by atoms with Crippen LogP contribution in [0.4, 0.5) is 15.9 Å². The van der Waals surface area contributed by atoms with Crippen LogP contribution in [0.1, 0.15) is 32.1 Å². The number of nitriles is 1. The van der Waals surface area contributed by atoms with Crippen LogP contribution in [0.3, 0.4) is 0 Å². The molecule has 0 radical (unpaired) electrons. The largest absolute Gasteiger partial charge is 0.349 e. The van der Waals surface area contributed by atoms with Crippen LogP contribution in [0.2, 0.25) is 5.02 Å². The lowest BCUT2D eigenvalue weighted by atomic mass is 10.2. The summed E-state index contributed by atoms with van der Waals surface area (Å²) in [5.41, 5.74) is 1.24. The summed E-state index contributed by atoms with van der Waals surface area (Å²) in [6.07, 6.45) is 1.31. The summed E-state index contributed by atoms with van der Waals surface area (Å²) in [7, 11) is 0. The molecule has 3 aromatic rings. The molecule has 3 N–H and O–H groups in total. The van der Waals surface area contributed by atoms with Crippen molar-refractivity contribution >= 4 is 40.8 Å². The van der Waals surface area contributed by atoms with E-state index in [-0.39, 0.29) is 46.8 Å². The minimum Gasteiger partial charge on any atom is -0.349 e. The number of nitrogens with one attached hydrogen (secondary N) is 3. The molecular formula is C21H14ClFN6O3. The maximum atomic E-state index is 13.6. The Balaban J connectivity index is 1.63. The number of halogens is 2. The smallest absolute Gasteiger partial charge is 0.273 e. The van der Waals surface area contributed by atoms with Crippen molar-refractivity contribution in [3.05, 3.63) is 75.9 Å². The molecule has 0 spiro atoms. The Bertz CT molecular complexity index is 1280. The van der Waals surface area contributed by atoms with E-state index in [0.29, 0.717) is 11.3 Å². The van der Waals surface area contributed by atoms with Crippen molar-refractivity contribution in [1.29, 1.82) is 5.26 Å². The third-order valence-electron chi connectivity index (χ3n) is 4.70. The van der Waals surface area contributed by atoms with Gasteiger partial charge in [0.25, 0.3) is 11.8 Å². The van der Waals surface area contributed by atoms with E-state index in [2.05, 4.69) is 20.9 Å². The van der Waals surface area contributed by atoms with Crippen molar-refractivity contribution in [3.8, 4) is 6.07 Å². The first kappa shape index (κ1) is 21.0. The van der Waals surface area contributed by atoms with E-state index in [0.717, 1.165) is 12.1 Å². The third-order valence-corrected chi connectivity index (χ3v) is 4.92. The molecule has 0 fully saturated rings. The zero-order valence-corrected chi connectivity index (χ0v) is 17.0. The summed E-state index contributed by atoms with van der Waals surface area (Å²) >= 11 is 5.82. The number of anilines is 2. The molecule has 11 heteroatoms. The van der Waals surface area contributed by atoms with Crippen molar-refractivity contribution in [2.45, 2.75) is 13.1 Å². The second-order valence-corrected chi connectivity index (χ2v) is 7.30. The highest BCUT2D eigenvalue weighted by Gasteiger charge is 2.26. The number of carbonyl (C=O) groups excluding carboxylic acids is 3. The summed E-state index contributed by atoms with van der Waals surface area (Å²) in [6, 6.07) is 9.75. The average Bonchev–Trinajstić information content (AvgIpc) is 3.11. The Morgan fingerprint density at radius 3 is 2.69 bits per heavy atom. The third kappa shape index (κ3) is 4.28. The molecule has 0 unspecified atom stereocenters. The Kier molecular flexibility index (Phi) is 5.57. The van der Waals surface area contributed by atoms with Crippen LogP contribution >= 0.6 is 11.6 Å². The fraction of sp³-hybridized carbons (Fsp3) is 0.0952. The summed E-state index contributed by atoms with van der Waals surface area (Å²) in [6.45, 7) is -0.0404. The van der Waals surface area contributed by atoms with Crippen molar-refractivity contribution in [2.75, 3.05) is 10.6 Å². The Morgan fingerprint density at radius 2 is 2.00 bits per heavy atom. The van der Waals surface area contributed by atoms with E-state index >= 15 is 0 Å². The van der Waals surface area contributed by atoms with Crippen LogP contribution in [0.25, 0.3) is 0 Å². The van der Waals surface area contributed by atoms with Gasteiger partial charge in [0.1, 0.15) is 29.9 Å². The van der Waals surface area contributed by atoms with Gasteiger partial charge in [-0.15, -0.1) is 0 Å². The number of nitrogens with zero attached hydrogens (tertiary/aromatic N) is 3. The lowest BCUT2D eigenvalue weighted by Crippen LogP contribution is -2.36. The lowest BCUT2D eigenvalue weighted by molar-refractivity contribution is -0.122. The molecule has 32 heavy (non-hydrogen) atoms. The molecule has 0 aliphatic carbocycles. The summed E-state index contributed by atoms with van der Waals surface area (Å²) in [5, 5.41) is 16.8. The molecule has 3 heterocycles. The molecule has 4 rings (SSSR count). The number of hydrogen-bond acceptors (Lipinski definition) is 5. The molecule has 1 aliphatic heterocycles. The number of pyridine rings is 1. The van der Waals surface area contributed by atoms with E-state index in [4.69, 9.17) is 16.9 Å². The van der Waals surface area contributed by atoms with Gasteiger partial charge >= 0.3 is 0 Å². The van der Waals surface area contributed by atoms with Gasteiger partial charge in [0.15, 0.2) is 0 Å².